The van der Waals surface area contributed by atoms with Crippen molar-refractivity contribution in [3.63, 3.8) is 0 Å². The van der Waals surface area contributed by atoms with Crippen LogP contribution in [-0.4, -0.2) is 86.5 Å². The van der Waals surface area contributed by atoms with Crippen molar-refractivity contribution in [2.24, 2.45) is 4.99 Å². The van der Waals surface area contributed by atoms with Gasteiger partial charge in [0.25, 0.3) is 5.91 Å². The molecular weight excluding hydrogens is 528 g/mol. The summed E-state index contributed by atoms with van der Waals surface area (Å²) >= 11 is 0. The van der Waals surface area contributed by atoms with Gasteiger partial charge in [-0.3, -0.25) is 19.5 Å². The number of carbonyl (C=O) groups excluding carboxylic acids is 2. The predicted molar refractivity (Wildman–Crippen MR) is 172 cm³/mol. The van der Waals surface area contributed by atoms with Crippen LogP contribution in [0.25, 0.3) is 11.1 Å². The normalized spacial score (nSPS) is 17.1. The summed E-state index contributed by atoms with van der Waals surface area (Å²) in [5.41, 5.74) is 6.85. The number of aliphatic imine (C=N–C) groups is 1. The lowest BCUT2D eigenvalue weighted by molar-refractivity contribution is -0.105. The van der Waals surface area contributed by atoms with Crippen LogP contribution in [0, 0.1) is 6.92 Å². The molecular formula is C33H48N6O3. The van der Waals surface area contributed by atoms with Gasteiger partial charge in [0.15, 0.2) is 6.29 Å². The second kappa shape index (κ2) is 15.0. The predicted octanol–water partition coefficient (Wildman–Crippen LogP) is 4.74. The van der Waals surface area contributed by atoms with Crippen LogP contribution in [0.3, 0.4) is 0 Å². The van der Waals surface area contributed by atoms with E-state index in [1.54, 1.807) is 19.3 Å². The molecule has 1 amide bonds. The molecule has 3 heterocycles. The van der Waals surface area contributed by atoms with Crippen LogP contribution >= 0.6 is 0 Å². The Morgan fingerprint density at radius 2 is 1.93 bits per heavy atom. The number of fused-ring (bicyclic) bond motifs is 1. The first-order valence-corrected chi connectivity index (χ1v) is 14.6. The van der Waals surface area contributed by atoms with Gasteiger partial charge in [0, 0.05) is 79.8 Å². The molecule has 0 saturated carbocycles. The summed E-state index contributed by atoms with van der Waals surface area (Å²) in [6.07, 6.45) is 10.5. The number of likely N-dealkylation sites (tertiary alicyclic amines) is 1. The second-order valence-corrected chi connectivity index (χ2v) is 11.2. The molecule has 9 nitrogen and oxygen atoms in total. The third-order valence-electron chi connectivity index (χ3n) is 8.34. The molecule has 0 aliphatic carbocycles. The average Bonchev–Trinajstić information content (AvgIpc) is 3.42. The molecule has 0 aromatic carbocycles. The fourth-order valence-electron chi connectivity index (χ4n) is 5.57. The Bertz CT molecular complexity index is 1390. The minimum atomic E-state index is -0.232. The fraction of sp³-hybridized carbons (Fsp3) is 0.485. The van der Waals surface area contributed by atoms with Crippen LogP contribution in [-0.2, 0) is 9.53 Å². The number of pyridine rings is 1. The number of aromatic nitrogens is 1. The number of amides is 1. The molecule has 1 aliphatic rings. The Morgan fingerprint density at radius 1 is 1.24 bits per heavy atom. The first-order valence-electron chi connectivity index (χ1n) is 14.6. The molecule has 3 rings (SSSR count). The van der Waals surface area contributed by atoms with Crippen LogP contribution in [0.15, 0.2) is 52.6 Å². The lowest BCUT2D eigenvalue weighted by Gasteiger charge is -2.39. The molecule has 0 radical (unpaired) electrons. The van der Waals surface area contributed by atoms with E-state index in [1.165, 1.54) is 7.11 Å². The molecule has 228 valence electrons. The number of nitrogens with zero attached hydrogens (tertiary/aromatic N) is 4. The van der Waals surface area contributed by atoms with Crippen LogP contribution in [0.4, 0.5) is 0 Å². The van der Waals surface area contributed by atoms with Crippen LogP contribution in [0.2, 0.25) is 0 Å². The van der Waals surface area contributed by atoms with E-state index in [0.717, 1.165) is 65.8 Å². The number of methoxy groups -OCH3 is 1. The molecule has 1 aliphatic heterocycles. The molecule has 42 heavy (non-hydrogen) atoms. The van der Waals surface area contributed by atoms with Gasteiger partial charge in [-0.25, -0.2) is 0 Å². The minimum Gasteiger partial charge on any atom is -0.496 e. The maximum absolute atomic E-state index is 13.7. The van der Waals surface area contributed by atoms with Crippen LogP contribution in [0.5, 0.6) is 0 Å². The van der Waals surface area contributed by atoms with E-state index in [-0.39, 0.29) is 18.5 Å². The van der Waals surface area contributed by atoms with Crippen molar-refractivity contribution >= 4 is 29.5 Å². The second-order valence-electron chi connectivity index (χ2n) is 11.2. The van der Waals surface area contributed by atoms with Gasteiger partial charge in [0.05, 0.1) is 12.7 Å². The zero-order valence-corrected chi connectivity index (χ0v) is 26.7. The Labute approximate surface area is 251 Å². The summed E-state index contributed by atoms with van der Waals surface area (Å²) in [6, 6.07) is 4.72. The van der Waals surface area contributed by atoms with E-state index in [1.807, 2.05) is 40.0 Å². The van der Waals surface area contributed by atoms with Gasteiger partial charge in [-0.05, 0) is 96.5 Å². The highest BCUT2D eigenvalue weighted by Crippen LogP contribution is 2.32. The number of piperidine rings is 1. The third-order valence-corrected chi connectivity index (χ3v) is 8.34. The summed E-state index contributed by atoms with van der Waals surface area (Å²) in [5.74, 6) is 0.178. The summed E-state index contributed by atoms with van der Waals surface area (Å²) in [7, 11) is 7.61. The zero-order valence-electron chi connectivity index (χ0n) is 26.7. The van der Waals surface area contributed by atoms with Crippen molar-refractivity contribution in [3.8, 4) is 0 Å². The Morgan fingerprint density at radius 3 is 2.50 bits per heavy atom. The molecule has 9 heteroatoms. The molecule has 1 atom stereocenters. The number of nitrogens with one attached hydrogen (secondary N) is 2. The van der Waals surface area contributed by atoms with E-state index < -0.39 is 0 Å². The van der Waals surface area contributed by atoms with Gasteiger partial charge in [-0.15, -0.1) is 0 Å². The number of allylic oxidation sites excluding steroid dienone is 3. The molecule has 2 aromatic heterocycles. The number of aldehydes is 1. The summed E-state index contributed by atoms with van der Waals surface area (Å²) in [5, 5.41) is 5.99. The lowest BCUT2D eigenvalue weighted by atomic mass is 9.97. The number of hydrogen-bond acceptors (Lipinski definition) is 7. The Hall–Kier alpha value is -3.69. The van der Waals surface area contributed by atoms with Crippen LogP contribution < -0.4 is 10.6 Å². The monoisotopic (exact) mass is 576 g/mol. The van der Waals surface area contributed by atoms with E-state index in [9.17, 15) is 9.59 Å². The van der Waals surface area contributed by atoms with Gasteiger partial charge in [-0.2, -0.15) is 0 Å². The highest BCUT2D eigenvalue weighted by Gasteiger charge is 2.28. The summed E-state index contributed by atoms with van der Waals surface area (Å²) < 4.78 is 7.67. The number of hydrogen-bond donors (Lipinski definition) is 2. The standard InChI is InChI=1S/C33H48N6O3/c1-10-35-18-22(2)26-16-29-17-30(33(41)36-19-27(21-40)31(42-9)15-23(3)34-6)24(4)32(39(29)20-26)25(5)38-13-11-28(12-14-38)37(7)8/h10,15-18,20-21,25,28,34H,11-14,19H2,1-9H3,(H,36,41)/b22-18+,23-15-,31-27+,35-10?. The van der Waals surface area contributed by atoms with Crippen molar-refractivity contribution in [2.75, 3.05) is 47.9 Å². The quantitative estimate of drug-likeness (QED) is 0.125. The average molecular weight is 577 g/mol. The Kier molecular flexibility index (Phi) is 11.7. The number of carbonyl (C=O) groups is 2. The summed E-state index contributed by atoms with van der Waals surface area (Å²) in [4.78, 5) is 34.8. The third kappa shape index (κ3) is 7.57. The highest BCUT2D eigenvalue weighted by atomic mass is 16.5. The van der Waals surface area contributed by atoms with Gasteiger partial charge in [-0.1, -0.05) is 0 Å². The van der Waals surface area contributed by atoms with Crippen molar-refractivity contribution in [1.29, 1.82) is 0 Å². The largest absolute Gasteiger partial charge is 0.496 e. The number of rotatable bonds is 12. The highest BCUT2D eigenvalue weighted by molar-refractivity contribution is 5.98. The maximum atomic E-state index is 13.7. The van der Waals surface area contributed by atoms with E-state index >= 15 is 0 Å². The number of ether oxygens (including phenoxy) is 1. The topological polar surface area (TPSA) is 90.7 Å². The minimum absolute atomic E-state index is 0.0513. The van der Waals surface area contributed by atoms with Crippen molar-refractivity contribution in [3.05, 3.63) is 70.0 Å². The molecule has 1 saturated heterocycles. The Balaban J connectivity index is 2.05. The molecule has 2 aromatic rings. The fourth-order valence-corrected chi connectivity index (χ4v) is 5.57. The molecule has 2 N–H and O–H groups in total. The maximum Gasteiger partial charge on any atom is 0.251 e. The van der Waals surface area contributed by atoms with Gasteiger partial charge < -0.3 is 24.7 Å². The van der Waals surface area contributed by atoms with Gasteiger partial charge in [0.1, 0.15) is 5.76 Å². The van der Waals surface area contributed by atoms with Gasteiger partial charge in [0.2, 0.25) is 0 Å². The lowest BCUT2D eigenvalue weighted by Crippen LogP contribution is -2.43. The smallest absolute Gasteiger partial charge is 0.251 e. The molecule has 0 spiro atoms. The molecule has 1 fully saturated rings. The molecule has 1 unspecified atom stereocenters. The van der Waals surface area contributed by atoms with Crippen molar-refractivity contribution in [1.82, 2.24) is 24.8 Å². The van der Waals surface area contributed by atoms with Crippen LogP contribution in [0.1, 0.15) is 73.8 Å². The zero-order chi connectivity index (χ0) is 31.0. The van der Waals surface area contributed by atoms with Crippen molar-refractivity contribution < 1.29 is 14.3 Å². The molecule has 0 bridgehead atoms. The van der Waals surface area contributed by atoms with Crippen molar-refractivity contribution in [2.45, 2.75) is 59.5 Å². The van der Waals surface area contributed by atoms with Gasteiger partial charge >= 0.3 is 0 Å². The first-order chi connectivity index (χ1) is 20.1. The van der Waals surface area contributed by atoms with E-state index in [0.29, 0.717) is 22.9 Å². The van der Waals surface area contributed by atoms with E-state index in [4.69, 9.17) is 4.74 Å². The SMILES string of the molecule is CC=N/C=C(\C)c1cc2cc(C(=O)NC/C(C=O)=C(/C=C(/C)NC)OC)c(C)c(C(C)N3CCC(N(C)C)CC3)n2c1. The summed E-state index contributed by atoms with van der Waals surface area (Å²) in [6.45, 7) is 12.1. The van der Waals surface area contributed by atoms with E-state index in [2.05, 4.69) is 63.1 Å². The first kappa shape index (κ1) is 32.8.